The maximum atomic E-state index is 12.1. The Balaban J connectivity index is 4.34. The van der Waals surface area contributed by atoms with E-state index in [9.17, 15) is 9.59 Å². The summed E-state index contributed by atoms with van der Waals surface area (Å²) in [5, 5.41) is 0. The van der Waals surface area contributed by atoms with Crippen LogP contribution in [0, 0.1) is 5.92 Å². The van der Waals surface area contributed by atoms with Crippen LogP contribution in [0.2, 0.25) is 0 Å². The number of carbonyl (C=O) groups is 2. The minimum absolute atomic E-state index is 0.00293. The number of carbonyl (C=O) groups excluding carboxylic acids is 2. The summed E-state index contributed by atoms with van der Waals surface area (Å²) in [5.41, 5.74) is -0.793. The van der Waals surface area contributed by atoms with Gasteiger partial charge in [-0.1, -0.05) is 46.5 Å². The molecule has 1 unspecified atom stereocenters. The minimum atomic E-state index is -0.793. The fraction of sp³-hybridized carbons (Fsp3) is 0.867. The fourth-order valence-electron chi connectivity index (χ4n) is 1.79. The molecule has 0 aliphatic carbocycles. The molecule has 0 bridgehead atoms. The Hall–Kier alpha value is -0.700. The Morgan fingerprint density at radius 3 is 2.22 bits per heavy atom. The predicted octanol–water partition coefficient (Wildman–Crippen LogP) is 3.55. The molecule has 0 radical (unpaired) electrons. The fourth-order valence-corrected chi connectivity index (χ4v) is 1.79. The third kappa shape index (κ3) is 5.76. The smallest absolute Gasteiger partial charge is 0.171 e. The normalized spacial score (nSPS) is 14.6. The topological polar surface area (TPSA) is 43.4 Å². The summed E-state index contributed by atoms with van der Waals surface area (Å²) in [4.78, 5) is 23.7. The first kappa shape index (κ1) is 17.3. The Labute approximate surface area is 111 Å². The van der Waals surface area contributed by atoms with Gasteiger partial charge < -0.3 is 4.74 Å². The third-order valence-corrected chi connectivity index (χ3v) is 3.53. The van der Waals surface area contributed by atoms with E-state index < -0.39 is 5.60 Å². The van der Waals surface area contributed by atoms with Gasteiger partial charge in [0, 0.05) is 13.0 Å². The van der Waals surface area contributed by atoms with Crippen LogP contribution in [0.4, 0.5) is 0 Å². The summed E-state index contributed by atoms with van der Waals surface area (Å²) in [5.74, 6) is -0.174. The average Bonchev–Trinajstić information content (AvgIpc) is 2.34. The van der Waals surface area contributed by atoms with E-state index in [1.54, 1.807) is 14.0 Å². The van der Waals surface area contributed by atoms with Gasteiger partial charge in [-0.2, -0.15) is 0 Å². The highest BCUT2D eigenvalue weighted by molar-refractivity contribution is 6.03. The van der Waals surface area contributed by atoms with E-state index in [4.69, 9.17) is 4.74 Å². The Morgan fingerprint density at radius 1 is 1.17 bits per heavy atom. The van der Waals surface area contributed by atoms with Gasteiger partial charge in [-0.25, -0.2) is 0 Å². The number of hydrogen-bond acceptors (Lipinski definition) is 3. The lowest BCUT2D eigenvalue weighted by Crippen LogP contribution is -2.39. The van der Waals surface area contributed by atoms with E-state index in [-0.39, 0.29) is 23.9 Å². The highest BCUT2D eigenvalue weighted by atomic mass is 16.5. The van der Waals surface area contributed by atoms with Crippen molar-refractivity contribution in [3.8, 4) is 0 Å². The highest BCUT2D eigenvalue weighted by Gasteiger charge is 2.33. The molecule has 0 heterocycles. The summed E-state index contributed by atoms with van der Waals surface area (Å²) in [6.45, 7) is 7.60. The number of ether oxygens (including phenoxy) is 1. The second-order valence-electron chi connectivity index (χ2n) is 5.47. The number of ketones is 2. The molecule has 0 rings (SSSR count). The monoisotopic (exact) mass is 256 g/mol. The largest absolute Gasteiger partial charge is 0.371 e. The Morgan fingerprint density at radius 2 is 1.78 bits per heavy atom. The maximum Gasteiger partial charge on any atom is 0.171 e. The van der Waals surface area contributed by atoms with Crippen LogP contribution in [0.1, 0.15) is 66.2 Å². The molecule has 1 atom stereocenters. The van der Waals surface area contributed by atoms with Crippen molar-refractivity contribution >= 4 is 11.6 Å². The van der Waals surface area contributed by atoms with Crippen molar-refractivity contribution in [3.05, 3.63) is 0 Å². The average molecular weight is 256 g/mol. The van der Waals surface area contributed by atoms with Gasteiger partial charge in [-0.15, -0.1) is 0 Å². The summed E-state index contributed by atoms with van der Waals surface area (Å²) >= 11 is 0. The van der Waals surface area contributed by atoms with Gasteiger partial charge in [-0.3, -0.25) is 9.59 Å². The molecule has 0 saturated carbocycles. The van der Waals surface area contributed by atoms with Crippen molar-refractivity contribution in [2.24, 2.45) is 5.92 Å². The SMILES string of the molecule is CCCCCCC(C)(OC)C(=O)CC(=O)C(C)C. The zero-order chi connectivity index (χ0) is 14.2. The molecule has 3 nitrogen and oxygen atoms in total. The van der Waals surface area contributed by atoms with E-state index in [0.717, 1.165) is 12.8 Å². The summed E-state index contributed by atoms with van der Waals surface area (Å²) in [6.07, 6.45) is 5.13. The van der Waals surface area contributed by atoms with Gasteiger partial charge in [0.2, 0.25) is 0 Å². The zero-order valence-corrected chi connectivity index (χ0v) is 12.5. The molecule has 0 aliphatic heterocycles. The number of Topliss-reactive ketones (excluding diaryl/α,β-unsaturated/α-hetero) is 2. The Bertz CT molecular complexity index is 271. The quantitative estimate of drug-likeness (QED) is 0.443. The first-order chi connectivity index (χ1) is 8.37. The van der Waals surface area contributed by atoms with Crippen molar-refractivity contribution < 1.29 is 14.3 Å². The van der Waals surface area contributed by atoms with Gasteiger partial charge in [0.15, 0.2) is 5.78 Å². The van der Waals surface area contributed by atoms with E-state index in [1.807, 2.05) is 13.8 Å². The summed E-state index contributed by atoms with van der Waals surface area (Å²) < 4.78 is 5.36. The minimum Gasteiger partial charge on any atom is -0.371 e. The third-order valence-electron chi connectivity index (χ3n) is 3.53. The molecule has 0 aliphatic rings. The number of rotatable bonds is 10. The van der Waals surface area contributed by atoms with Crippen molar-refractivity contribution in [3.63, 3.8) is 0 Å². The molecule has 3 heteroatoms. The molecular formula is C15H28O3. The number of methoxy groups -OCH3 is 1. The maximum absolute atomic E-state index is 12.1. The van der Waals surface area contributed by atoms with Crippen LogP contribution >= 0.6 is 0 Å². The van der Waals surface area contributed by atoms with Crippen LogP contribution in [0.25, 0.3) is 0 Å². The molecule has 0 saturated heterocycles. The molecule has 0 aromatic carbocycles. The molecule has 0 spiro atoms. The van der Waals surface area contributed by atoms with E-state index in [2.05, 4.69) is 6.92 Å². The lowest BCUT2D eigenvalue weighted by molar-refractivity contribution is -0.143. The molecule has 106 valence electrons. The van der Waals surface area contributed by atoms with Crippen LogP contribution in [-0.4, -0.2) is 24.3 Å². The molecule has 0 N–H and O–H groups in total. The van der Waals surface area contributed by atoms with Gasteiger partial charge in [0.1, 0.15) is 11.4 Å². The summed E-state index contributed by atoms with van der Waals surface area (Å²) in [7, 11) is 1.55. The van der Waals surface area contributed by atoms with Gasteiger partial charge >= 0.3 is 0 Å². The van der Waals surface area contributed by atoms with Gasteiger partial charge in [0.05, 0.1) is 6.42 Å². The standard InChI is InChI=1S/C15H28O3/c1-6-7-8-9-10-15(4,18-5)14(17)11-13(16)12(2)3/h12H,6-11H2,1-5H3. The Kier molecular flexibility index (Phi) is 8.08. The van der Waals surface area contributed by atoms with Gasteiger partial charge in [0.25, 0.3) is 0 Å². The number of unbranched alkanes of at least 4 members (excludes halogenated alkanes) is 3. The van der Waals surface area contributed by atoms with Crippen molar-refractivity contribution in [1.29, 1.82) is 0 Å². The van der Waals surface area contributed by atoms with Gasteiger partial charge in [-0.05, 0) is 13.3 Å². The first-order valence-corrected chi connectivity index (χ1v) is 6.98. The molecule has 0 amide bonds. The van der Waals surface area contributed by atoms with Crippen LogP contribution in [0.5, 0.6) is 0 Å². The summed E-state index contributed by atoms with van der Waals surface area (Å²) in [6, 6.07) is 0. The molecule has 18 heavy (non-hydrogen) atoms. The predicted molar refractivity (Wildman–Crippen MR) is 73.6 cm³/mol. The van der Waals surface area contributed by atoms with E-state index in [1.165, 1.54) is 12.8 Å². The van der Waals surface area contributed by atoms with E-state index >= 15 is 0 Å². The highest BCUT2D eigenvalue weighted by Crippen LogP contribution is 2.22. The van der Waals surface area contributed by atoms with E-state index in [0.29, 0.717) is 6.42 Å². The second kappa shape index (κ2) is 8.41. The number of hydrogen-bond donors (Lipinski definition) is 0. The lowest BCUT2D eigenvalue weighted by atomic mass is 9.88. The molecule has 0 fully saturated rings. The lowest BCUT2D eigenvalue weighted by Gasteiger charge is -2.26. The van der Waals surface area contributed by atoms with Crippen LogP contribution < -0.4 is 0 Å². The van der Waals surface area contributed by atoms with Crippen molar-refractivity contribution in [2.45, 2.75) is 71.8 Å². The zero-order valence-electron chi connectivity index (χ0n) is 12.5. The van der Waals surface area contributed by atoms with Crippen molar-refractivity contribution in [2.75, 3.05) is 7.11 Å². The molecule has 0 aromatic rings. The van der Waals surface area contributed by atoms with Crippen molar-refractivity contribution in [1.82, 2.24) is 0 Å². The first-order valence-electron chi connectivity index (χ1n) is 6.98. The van der Waals surface area contributed by atoms with Crippen LogP contribution in [-0.2, 0) is 14.3 Å². The van der Waals surface area contributed by atoms with Crippen LogP contribution in [0.3, 0.4) is 0 Å². The molecular weight excluding hydrogens is 228 g/mol. The van der Waals surface area contributed by atoms with Crippen LogP contribution in [0.15, 0.2) is 0 Å². The second-order valence-corrected chi connectivity index (χ2v) is 5.47. The molecule has 0 aromatic heterocycles.